The highest BCUT2D eigenvalue weighted by Gasteiger charge is 2.87. The van der Waals surface area contributed by atoms with Gasteiger partial charge in [0.05, 0.1) is 37.8 Å². The molecular weight excluding hydrogens is 529 g/mol. The number of benzene rings is 1. The molecule has 0 radical (unpaired) electrons. The van der Waals surface area contributed by atoms with Gasteiger partial charge in [-0.25, -0.2) is 4.90 Å². The van der Waals surface area contributed by atoms with Gasteiger partial charge in [0.2, 0.25) is 11.8 Å². The molecule has 12 heteroatoms. The number of hydrogen-bond acceptors (Lipinski definition) is 4. The summed E-state index contributed by atoms with van der Waals surface area (Å²) in [6, 6.07) is 5.07. The molecule has 2 aromatic rings. The summed E-state index contributed by atoms with van der Waals surface area (Å²) in [5, 5.41) is -0.227. The Morgan fingerprint density at radius 2 is 1.54 bits per heavy atom. The molecule has 2 bridgehead atoms. The topological polar surface area (TPSA) is 53.2 Å². The van der Waals surface area contributed by atoms with Crippen molar-refractivity contribution in [3.05, 3.63) is 32.2 Å². The van der Waals surface area contributed by atoms with E-state index in [4.69, 9.17) is 81.8 Å². The Morgan fingerprint density at radius 1 is 1.00 bits per heavy atom. The average molecular weight is 535 g/mol. The highest BCUT2D eigenvalue weighted by atomic mass is 35.5. The second-order valence-electron chi connectivity index (χ2n) is 6.79. The molecule has 0 spiro atoms. The molecule has 5 rings (SSSR count). The predicted molar refractivity (Wildman–Crippen MR) is 117 cm³/mol. The average Bonchev–Trinajstić information content (AvgIpc) is 3.19. The van der Waals surface area contributed by atoms with Gasteiger partial charge < -0.3 is 4.98 Å². The molecule has 1 N–H and O–H groups in total. The zero-order chi connectivity index (χ0) is 20.4. The van der Waals surface area contributed by atoms with Gasteiger partial charge in [-0.05, 0) is 30.4 Å². The molecule has 1 aromatic heterocycles. The molecule has 2 amide bonds. The van der Waals surface area contributed by atoms with Crippen molar-refractivity contribution in [3.8, 4) is 0 Å². The summed E-state index contributed by atoms with van der Waals surface area (Å²) in [5.74, 6) is -3.48. The van der Waals surface area contributed by atoms with E-state index in [2.05, 4.69) is 4.98 Å². The number of alkyl halides is 4. The molecule has 2 fully saturated rings. The van der Waals surface area contributed by atoms with Crippen LogP contribution in [0.25, 0.3) is 10.2 Å². The summed E-state index contributed by atoms with van der Waals surface area (Å²) in [5.41, 5.74) is 1.05. The zero-order valence-corrected chi connectivity index (χ0v) is 19.4. The van der Waals surface area contributed by atoms with Crippen LogP contribution in [0.5, 0.6) is 0 Å². The standard InChI is InChI=1S/C16H6Cl6N2O2S2/c17-9-10(18)15(20)8-7(14(9,19)16(15,21)22)11(25)24(12(8)26)4-1-2-6-5(3-4)23-13(27)28-6/h1-3,7-8H,(H,23,27)/t7-,8-,14-,15-/m0/s1. The molecule has 0 unspecified atom stereocenters. The van der Waals surface area contributed by atoms with Gasteiger partial charge in [0.25, 0.3) is 0 Å². The SMILES string of the molecule is O=C1[C@@H]2[C@@H](C(=O)N1c1ccc3sc(=S)[nH]c3c1)[C@]1(Cl)C(Cl)=C(Cl)[C@]2(Cl)C1(Cl)Cl. The Bertz CT molecular complexity index is 1160. The second-order valence-corrected chi connectivity index (χ2v) is 11.8. The number of carbonyl (C=O) groups is 2. The Balaban J connectivity index is 1.69. The molecule has 4 nitrogen and oxygen atoms in total. The van der Waals surface area contributed by atoms with E-state index in [0.29, 0.717) is 15.2 Å². The summed E-state index contributed by atoms with van der Waals surface area (Å²) >= 11 is 45.4. The number of aromatic nitrogens is 1. The van der Waals surface area contributed by atoms with Gasteiger partial charge in [-0.15, -0.1) is 34.5 Å². The maximum atomic E-state index is 13.3. The largest absolute Gasteiger partial charge is 0.337 e. The summed E-state index contributed by atoms with van der Waals surface area (Å²) in [7, 11) is 0. The number of nitrogens with one attached hydrogen (secondary N) is 1. The highest BCUT2D eigenvalue weighted by molar-refractivity contribution is 7.73. The second kappa shape index (κ2) is 5.80. The third-order valence-electron chi connectivity index (χ3n) is 5.57. The predicted octanol–water partition coefficient (Wildman–Crippen LogP) is 5.91. The lowest BCUT2D eigenvalue weighted by molar-refractivity contribution is -0.123. The first-order valence-electron chi connectivity index (χ1n) is 7.80. The molecule has 1 saturated carbocycles. The Kier molecular flexibility index (Phi) is 4.12. The first-order chi connectivity index (χ1) is 13.0. The summed E-state index contributed by atoms with van der Waals surface area (Å²) in [6.45, 7) is 0. The number of aromatic amines is 1. The van der Waals surface area contributed by atoms with Crippen molar-refractivity contribution < 1.29 is 9.59 Å². The summed E-state index contributed by atoms with van der Waals surface area (Å²) in [6.07, 6.45) is 0. The van der Waals surface area contributed by atoms with Crippen LogP contribution in [0.4, 0.5) is 5.69 Å². The number of halogens is 6. The summed E-state index contributed by atoms with van der Waals surface area (Å²) in [4.78, 5) is 27.0. The number of H-pyrrole nitrogens is 1. The third kappa shape index (κ3) is 1.95. The van der Waals surface area contributed by atoms with Crippen LogP contribution in [0.1, 0.15) is 0 Å². The Labute approximate surface area is 197 Å². The fraction of sp³-hybridized carbons (Fsp3) is 0.312. The minimum atomic E-state index is -1.94. The van der Waals surface area contributed by atoms with Crippen LogP contribution in [0.3, 0.4) is 0 Å². The Hall–Kier alpha value is -0.0500. The lowest BCUT2D eigenvalue weighted by Crippen LogP contribution is -2.50. The number of anilines is 1. The van der Waals surface area contributed by atoms with Crippen LogP contribution in [0.15, 0.2) is 28.3 Å². The molecule has 28 heavy (non-hydrogen) atoms. The third-order valence-corrected chi connectivity index (χ3v) is 11.0. The molecule has 2 aliphatic carbocycles. The Morgan fingerprint density at radius 3 is 2.07 bits per heavy atom. The first kappa shape index (κ1) is 19.9. The maximum Gasteiger partial charge on any atom is 0.240 e. The number of carbonyl (C=O) groups excluding carboxylic acids is 2. The van der Waals surface area contributed by atoms with Crippen molar-refractivity contribution >= 4 is 121 Å². The maximum absolute atomic E-state index is 13.3. The van der Waals surface area contributed by atoms with Crippen molar-refractivity contribution in [3.63, 3.8) is 0 Å². The van der Waals surface area contributed by atoms with Crippen LogP contribution in [-0.4, -0.2) is 30.9 Å². The van der Waals surface area contributed by atoms with Crippen molar-refractivity contribution in [2.75, 3.05) is 4.90 Å². The molecule has 1 aromatic carbocycles. The minimum absolute atomic E-state index is 0.113. The van der Waals surface area contributed by atoms with Crippen LogP contribution >= 0.6 is 93.2 Å². The van der Waals surface area contributed by atoms with Gasteiger partial charge in [-0.2, -0.15) is 0 Å². The van der Waals surface area contributed by atoms with E-state index in [1.165, 1.54) is 11.3 Å². The lowest BCUT2D eigenvalue weighted by atomic mass is 9.84. The van der Waals surface area contributed by atoms with Gasteiger partial charge in [-0.1, -0.05) is 46.4 Å². The number of nitrogens with zero attached hydrogens (tertiary/aromatic N) is 1. The van der Waals surface area contributed by atoms with Gasteiger partial charge in [0.15, 0.2) is 8.29 Å². The van der Waals surface area contributed by atoms with Gasteiger partial charge in [-0.3, -0.25) is 9.59 Å². The first-order valence-corrected chi connectivity index (χ1v) is 11.3. The van der Waals surface area contributed by atoms with Crippen LogP contribution < -0.4 is 4.90 Å². The molecule has 3 aliphatic rings. The fourth-order valence-corrected chi connectivity index (χ4v) is 8.35. The molecule has 2 heterocycles. The van der Waals surface area contributed by atoms with E-state index in [9.17, 15) is 9.59 Å². The molecule has 1 aliphatic heterocycles. The molecule has 4 atom stereocenters. The number of amides is 2. The lowest BCUT2D eigenvalue weighted by Gasteiger charge is -2.34. The van der Waals surface area contributed by atoms with E-state index in [-0.39, 0.29) is 10.1 Å². The number of imide groups is 1. The minimum Gasteiger partial charge on any atom is -0.337 e. The molecule has 1 saturated heterocycles. The van der Waals surface area contributed by atoms with E-state index < -0.39 is 37.7 Å². The smallest absolute Gasteiger partial charge is 0.240 e. The van der Waals surface area contributed by atoms with E-state index in [1.54, 1.807) is 18.2 Å². The van der Waals surface area contributed by atoms with Crippen LogP contribution in [0, 0.1) is 15.8 Å². The summed E-state index contributed by atoms with van der Waals surface area (Å²) < 4.78 is -0.465. The number of fused-ring (bicyclic) bond motifs is 6. The fourth-order valence-electron chi connectivity index (χ4n) is 4.33. The van der Waals surface area contributed by atoms with Crippen molar-refractivity contribution in [1.82, 2.24) is 4.98 Å². The van der Waals surface area contributed by atoms with Gasteiger partial charge in [0, 0.05) is 0 Å². The van der Waals surface area contributed by atoms with Crippen molar-refractivity contribution in [1.29, 1.82) is 0 Å². The van der Waals surface area contributed by atoms with Crippen molar-refractivity contribution in [2.45, 2.75) is 14.1 Å². The van der Waals surface area contributed by atoms with Crippen LogP contribution in [-0.2, 0) is 9.59 Å². The van der Waals surface area contributed by atoms with E-state index in [0.717, 1.165) is 9.60 Å². The van der Waals surface area contributed by atoms with E-state index >= 15 is 0 Å². The molecule has 146 valence electrons. The highest BCUT2D eigenvalue weighted by Crippen LogP contribution is 2.77. The normalized spacial score (nSPS) is 36.1. The number of allylic oxidation sites excluding steroid dienone is 2. The van der Waals surface area contributed by atoms with Crippen LogP contribution in [0.2, 0.25) is 0 Å². The number of hydrogen-bond donors (Lipinski definition) is 1. The number of thiazole rings is 1. The number of rotatable bonds is 1. The van der Waals surface area contributed by atoms with Crippen molar-refractivity contribution in [2.24, 2.45) is 11.8 Å². The van der Waals surface area contributed by atoms with Gasteiger partial charge in [0.1, 0.15) is 9.75 Å². The molecular formula is C16H6Cl6N2O2S2. The monoisotopic (exact) mass is 532 g/mol. The quantitative estimate of drug-likeness (QED) is 0.281. The van der Waals surface area contributed by atoms with E-state index in [1.807, 2.05) is 0 Å². The zero-order valence-electron chi connectivity index (χ0n) is 13.2. The van der Waals surface area contributed by atoms with Gasteiger partial charge >= 0.3 is 0 Å².